The summed E-state index contributed by atoms with van der Waals surface area (Å²) in [6.07, 6.45) is 1.26. The van der Waals surface area contributed by atoms with Crippen LogP contribution in [0.5, 0.6) is 0 Å². The van der Waals surface area contributed by atoms with E-state index in [1.807, 2.05) is 44.2 Å². The Morgan fingerprint density at radius 2 is 1.59 bits per heavy atom. The Kier molecular flexibility index (Phi) is 11.5. The zero-order chi connectivity index (χ0) is 30.3. The Morgan fingerprint density at radius 1 is 0.902 bits per heavy atom. The van der Waals surface area contributed by atoms with Gasteiger partial charge in [0, 0.05) is 24.5 Å². The minimum Gasteiger partial charge on any atom is -0.354 e. The highest BCUT2D eigenvalue weighted by Gasteiger charge is 2.33. The van der Waals surface area contributed by atoms with Crippen LogP contribution in [-0.2, 0) is 32.6 Å². The van der Waals surface area contributed by atoms with Crippen LogP contribution in [0, 0.1) is 12.8 Å². The maximum atomic E-state index is 14.1. The van der Waals surface area contributed by atoms with Gasteiger partial charge in [0.05, 0.1) is 22.0 Å². The van der Waals surface area contributed by atoms with Gasteiger partial charge in [0.25, 0.3) is 0 Å². The summed E-state index contributed by atoms with van der Waals surface area (Å²) >= 11 is 18.5. The lowest BCUT2D eigenvalue weighted by molar-refractivity contribution is -0.140. The highest BCUT2D eigenvalue weighted by molar-refractivity contribution is 7.92. The molecular weight excluding hydrogens is 605 g/mol. The van der Waals surface area contributed by atoms with Crippen molar-refractivity contribution in [3.8, 4) is 0 Å². The molecule has 0 bridgehead atoms. The van der Waals surface area contributed by atoms with Crippen molar-refractivity contribution in [1.29, 1.82) is 0 Å². The molecule has 0 radical (unpaired) electrons. The standard InChI is InChI=1S/C30H34Cl3N3O4S/c1-20(2)17-34-30(38)28(16-22-8-6-5-7-9-22)35(18-23-10-12-25(32)26(33)15-23)29(37)19-36(41(4,39)40)27-13-11-24(31)14-21(27)3/h5-15,20,28H,16-19H2,1-4H3,(H,34,38). The van der Waals surface area contributed by atoms with E-state index >= 15 is 0 Å². The summed E-state index contributed by atoms with van der Waals surface area (Å²) in [6.45, 7) is 5.56. The number of hydrogen-bond donors (Lipinski definition) is 1. The first-order valence-corrected chi connectivity index (χ1v) is 16.0. The largest absolute Gasteiger partial charge is 0.354 e. The van der Waals surface area contributed by atoms with Crippen molar-refractivity contribution in [3.05, 3.63) is 98.5 Å². The van der Waals surface area contributed by atoms with Gasteiger partial charge in [-0.2, -0.15) is 0 Å². The quantitative estimate of drug-likeness (QED) is 0.259. The number of sulfonamides is 1. The van der Waals surface area contributed by atoms with E-state index < -0.39 is 28.5 Å². The molecule has 0 aliphatic carbocycles. The molecule has 3 aromatic carbocycles. The lowest BCUT2D eigenvalue weighted by atomic mass is 10.0. The number of carbonyl (C=O) groups excluding carboxylic acids is 2. The van der Waals surface area contributed by atoms with Gasteiger partial charge in [-0.3, -0.25) is 13.9 Å². The fourth-order valence-electron chi connectivity index (χ4n) is 4.30. The van der Waals surface area contributed by atoms with Crippen molar-refractivity contribution in [2.45, 2.75) is 39.8 Å². The summed E-state index contributed by atoms with van der Waals surface area (Å²) in [7, 11) is -3.89. The fraction of sp³-hybridized carbons (Fsp3) is 0.333. The lowest BCUT2D eigenvalue weighted by Crippen LogP contribution is -2.53. The third kappa shape index (κ3) is 9.36. The SMILES string of the molecule is Cc1cc(Cl)ccc1N(CC(=O)N(Cc1ccc(Cl)c(Cl)c1)C(Cc1ccccc1)C(=O)NCC(C)C)S(C)(=O)=O. The van der Waals surface area contributed by atoms with E-state index in [4.69, 9.17) is 34.8 Å². The van der Waals surface area contributed by atoms with Gasteiger partial charge < -0.3 is 10.2 Å². The molecule has 1 atom stereocenters. The second-order valence-corrected chi connectivity index (χ2v) is 13.5. The van der Waals surface area contributed by atoms with E-state index in [2.05, 4.69) is 5.32 Å². The smallest absolute Gasteiger partial charge is 0.244 e. The molecule has 3 aromatic rings. The zero-order valence-corrected chi connectivity index (χ0v) is 26.5. The number of carbonyl (C=O) groups is 2. The van der Waals surface area contributed by atoms with Crippen molar-refractivity contribution >= 4 is 62.3 Å². The van der Waals surface area contributed by atoms with Crippen LogP contribution < -0.4 is 9.62 Å². The fourth-order valence-corrected chi connectivity index (χ4v) is 5.76. The van der Waals surface area contributed by atoms with Crippen LogP contribution in [-0.4, -0.2) is 50.5 Å². The first-order chi connectivity index (χ1) is 19.3. The number of nitrogens with zero attached hydrogens (tertiary/aromatic N) is 2. The Morgan fingerprint density at radius 3 is 2.17 bits per heavy atom. The van der Waals surface area contributed by atoms with E-state index in [-0.39, 0.29) is 24.8 Å². The summed E-state index contributed by atoms with van der Waals surface area (Å²) in [5, 5.41) is 4.04. The predicted octanol–water partition coefficient (Wildman–Crippen LogP) is 6.13. The number of halogens is 3. The molecule has 0 saturated carbocycles. The van der Waals surface area contributed by atoms with Crippen molar-refractivity contribution in [2.24, 2.45) is 5.92 Å². The lowest BCUT2D eigenvalue weighted by Gasteiger charge is -2.34. The summed E-state index contributed by atoms with van der Waals surface area (Å²) in [6, 6.07) is 18.1. The molecule has 0 fully saturated rings. The minimum absolute atomic E-state index is 0.000473. The number of amides is 2. The highest BCUT2D eigenvalue weighted by Crippen LogP contribution is 2.27. The van der Waals surface area contributed by atoms with Gasteiger partial charge in [-0.15, -0.1) is 0 Å². The Labute approximate surface area is 257 Å². The van der Waals surface area contributed by atoms with E-state index in [9.17, 15) is 18.0 Å². The topological polar surface area (TPSA) is 86.8 Å². The Bertz CT molecular complexity index is 1480. The predicted molar refractivity (Wildman–Crippen MR) is 167 cm³/mol. The van der Waals surface area contributed by atoms with Crippen molar-refractivity contribution in [3.63, 3.8) is 0 Å². The molecule has 11 heteroatoms. The van der Waals surface area contributed by atoms with Gasteiger partial charge in [-0.1, -0.05) is 85.0 Å². The van der Waals surface area contributed by atoms with Crippen molar-refractivity contribution in [1.82, 2.24) is 10.2 Å². The van der Waals surface area contributed by atoms with E-state index in [1.54, 1.807) is 43.3 Å². The number of benzene rings is 3. The maximum absolute atomic E-state index is 14.1. The molecule has 1 N–H and O–H groups in total. The molecule has 41 heavy (non-hydrogen) atoms. The highest BCUT2D eigenvalue weighted by atomic mass is 35.5. The number of aryl methyl sites for hydroxylation is 1. The second-order valence-electron chi connectivity index (χ2n) is 10.3. The van der Waals surface area contributed by atoms with E-state index in [1.165, 1.54) is 4.90 Å². The first-order valence-electron chi connectivity index (χ1n) is 13.0. The molecule has 3 rings (SSSR count). The molecule has 0 heterocycles. The summed E-state index contributed by atoms with van der Waals surface area (Å²) < 4.78 is 26.9. The zero-order valence-electron chi connectivity index (χ0n) is 23.4. The molecule has 1 unspecified atom stereocenters. The molecule has 0 spiro atoms. The summed E-state index contributed by atoms with van der Waals surface area (Å²) in [5.74, 6) is -0.717. The first kappa shape index (κ1) is 32.7. The van der Waals surface area contributed by atoms with Gasteiger partial charge in [0.15, 0.2) is 0 Å². The van der Waals surface area contributed by atoms with Crippen LogP contribution >= 0.6 is 34.8 Å². The third-order valence-corrected chi connectivity index (χ3v) is 8.50. The van der Waals surface area contributed by atoms with Gasteiger partial charge in [0.2, 0.25) is 21.8 Å². The van der Waals surface area contributed by atoms with Crippen molar-refractivity contribution in [2.75, 3.05) is 23.7 Å². The second kappa shape index (κ2) is 14.4. The van der Waals surface area contributed by atoms with Crippen LogP contribution in [0.2, 0.25) is 15.1 Å². The van der Waals surface area contributed by atoms with Crippen LogP contribution in [0.1, 0.15) is 30.5 Å². The summed E-state index contributed by atoms with van der Waals surface area (Å²) in [5.41, 5.74) is 2.39. The Balaban J connectivity index is 2.08. The van der Waals surface area contributed by atoms with Crippen LogP contribution in [0.25, 0.3) is 0 Å². The Hall–Kier alpha value is -2.78. The normalized spacial score (nSPS) is 12.2. The van der Waals surface area contributed by atoms with Gasteiger partial charge >= 0.3 is 0 Å². The molecule has 0 aliphatic rings. The molecule has 0 saturated heterocycles. The number of anilines is 1. The van der Waals surface area contributed by atoms with E-state index in [0.29, 0.717) is 38.4 Å². The molecule has 7 nitrogen and oxygen atoms in total. The maximum Gasteiger partial charge on any atom is 0.244 e. The average molecular weight is 639 g/mol. The van der Waals surface area contributed by atoms with Gasteiger partial charge in [-0.05, 0) is 59.9 Å². The number of rotatable bonds is 12. The summed E-state index contributed by atoms with van der Waals surface area (Å²) in [4.78, 5) is 29.2. The van der Waals surface area contributed by atoms with Crippen LogP contribution in [0.4, 0.5) is 5.69 Å². The van der Waals surface area contributed by atoms with Crippen LogP contribution in [0.3, 0.4) is 0 Å². The van der Waals surface area contributed by atoms with E-state index in [0.717, 1.165) is 16.1 Å². The van der Waals surface area contributed by atoms with Gasteiger partial charge in [-0.25, -0.2) is 8.42 Å². The number of nitrogens with one attached hydrogen (secondary N) is 1. The minimum atomic E-state index is -3.89. The molecule has 0 aromatic heterocycles. The molecular formula is C30H34Cl3N3O4S. The molecule has 220 valence electrons. The number of hydrogen-bond acceptors (Lipinski definition) is 4. The van der Waals surface area contributed by atoms with Crippen molar-refractivity contribution < 1.29 is 18.0 Å². The van der Waals surface area contributed by atoms with Gasteiger partial charge in [0.1, 0.15) is 12.6 Å². The molecule has 2 amide bonds. The molecule has 0 aliphatic heterocycles. The third-order valence-electron chi connectivity index (χ3n) is 6.40. The average Bonchev–Trinajstić information content (AvgIpc) is 2.90. The monoisotopic (exact) mass is 637 g/mol. The van der Waals surface area contributed by atoms with Crippen LogP contribution in [0.15, 0.2) is 66.7 Å².